The molecule has 3 rings (SSSR count). The van der Waals surface area contributed by atoms with E-state index >= 15 is 0 Å². The number of aromatic amines is 2. The summed E-state index contributed by atoms with van der Waals surface area (Å²) in [4.78, 5) is 25.2. The van der Waals surface area contributed by atoms with Crippen molar-refractivity contribution in [3.8, 4) is 5.75 Å². The predicted octanol–water partition coefficient (Wildman–Crippen LogP) is 1.50. The number of rotatable bonds is 5. The van der Waals surface area contributed by atoms with Gasteiger partial charge in [0.2, 0.25) is 0 Å². The van der Waals surface area contributed by atoms with Crippen molar-refractivity contribution in [3.05, 3.63) is 64.1 Å². The number of ether oxygens (including phenoxy) is 2. The van der Waals surface area contributed by atoms with Gasteiger partial charge in [0.25, 0.3) is 5.56 Å². The smallest absolute Gasteiger partial charge is 0.313 e. The van der Waals surface area contributed by atoms with Crippen LogP contribution in [0.1, 0.15) is 29.7 Å². The Hall–Kier alpha value is -2.80. The van der Waals surface area contributed by atoms with Crippen molar-refractivity contribution in [2.45, 2.75) is 24.9 Å². The van der Waals surface area contributed by atoms with Crippen molar-refractivity contribution >= 4 is 5.97 Å². The second kappa shape index (κ2) is 6.84. The maximum atomic E-state index is 12.8. The Morgan fingerprint density at radius 3 is 2.92 bits per heavy atom. The van der Waals surface area contributed by atoms with Gasteiger partial charge in [-0.1, -0.05) is 24.8 Å². The first-order chi connectivity index (χ1) is 12.4. The molecule has 0 saturated carbocycles. The lowest BCUT2D eigenvalue weighted by Gasteiger charge is -2.40. The zero-order valence-corrected chi connectivity index (χ0v) is 14.7. The molecule has 138 valence electrons. The van der Waals surface area contributed by atoms with Crippen LogP contribution in [0.25, 0.3) is 0 Å². The highest BCUT2D eigenvalue weighted by molar-refractivity contribution is 5.77. The number of carbonyl (C=O) groups is 1. The third-order valence-electron chi connectivity index (χ3n) is 4.80. The van der Waals surface area contributed by atoms with Gasteiger partial charge in [-0.05, 0) is 24.6 Å². The molecule has 1 aromatic carbocycles. The van der Waals surface area contributed by atoms with Gasteiger partial charge in [0.1, 0.15) is 12.4 Å². The van der Waals surface area contributed by atoms with Crippen LogP contribution in [0.5, 0.6) is 5.75 Å². The minimum Gasteiger partial charge on any atom is -0.497 e. The SMILES string of the molecule is C=CCOC(=O)[C@H]1[C@@H](c2cccc(OC)c2)c2c([nH][nH]c2=O)C[C@]1(C)O. The van der Waals surface area contributed by atoms with Gasteiger partial charge in [-0.25, -0.2) is 0 Å². The fourth-order valence-electron chi connectivity index (χ4n) is 3.68. The van der Waals surface area contributed by atoms with E-state index in [-0.39, 0.29) is 18.6 Å². The van der Waals surface area contributed by atoms with E-state index in [1.165, 1.54) is 6.08 Å². The number of carbonyl (C=O) groups excluding carboxylic acids is 1. The van der Waals surface area contributed by atoms with Gasteiger partial charge in [-0.2, -0.15) is 0 Å². The molecule has 26 heavy (non-hydrogen) atoms. The highest BCUT2D eigenvalue weighted by atomic mass is 16.5. The molecule has 0 saturated heterocycles. The normalized spacial score (nSPS) is 24.6. The van der Waals surface area contributed by atoms with Crippen molar-refractivity contribution in [3.63, 3.8) is 0 Å². The molecule has 0 aliphatic heterocycles. The molecule has 1 aliphatic carbocycles. The molecule has 0 amide bonds. The number of benzene rings is 1. The summed E-state index contributed by atoms with van der Waals surface area (Å²) in [6.45, 7) is 5.15. The molecule has 3 atom stereocenters. The monoisotopic (exact) mass is 358 g/mol. The predicted molar refractivity (Wildman–Crippen MR) is 95.2 cm³/mol. The van der Waals surface area contributed by atoms with Gasteiger partial charge in [0.05, 0.1) is 18.6 Å². The molecule has 0 fully saturated rings. The summed E-state index contributed by atoms with van der Waals surface area (Å²) in [5.74, 6) is -1.59. The van der Waals surface area contributed by atoms with Gasteiger partial charge in [-0.15, -0.1) is 0 Å². The quantitative estimate of drug-likeness (QED) is 0.555. The van der Waals surface area contributed by atoms with Crippen molar-refractivity contribution < 1.29 is 19.4 Å². The van der Waals surface area contributed by atoms with Crippen LogP contribution in [0.3, 0.4) is 0 Å². The summed E-state index contributed by atoms with van der Waals surface area (Å²) in [6.07, 6.45) is 1.60. The third kappa shape index (κ3) is 3.06. The Morgan fingerprint density at radius 1 is 1.46 bits per heavy atom. The number of aromatic nitrogens is 2. The average molecular weight is 358 g/mol. The lowest BCUT2D eigenvalue weighted by atomic mass is 9.66. The number of H-pyrrole nitrogens is 2. The number of hydrogen-bond acceptors (Lipinski definition) is 5. The molecule has 1 heterocycles. The van der Waals surface area contributed by atoms with Crippen molar-refractivity contribution in [2.24, 2.45) is 5.92 Å². The van der Waals surface area contributed by atoms with E-state index in [0.29, 0.717) is 22.6 Å². The van der Waals surface area contributed by atoms with Crippen LogP contribution < -0.4 is 10.3 Å². The van der Waals surface area contributed by atoms with Gasteiger partial charge >= 0.3 is 5.97 Å². The van der Waals surface area contributed by atoms with Crippen molar-refractivity contribution in [2.75, 3.05) is 13.7 Å². The number of methoxy groups -OCH3 is 1. The average Bonchev–Trinajstić information content (AvgIpc) is 2.97. The number of nitrogens with one attached hydrogen (secondary N) is 2. The largest absolute Gasteiger partial charge is 0.497 e. The molecule has 0 bridgehead atoms. The molecule has 7 heteroatoms. The first-order valence-electron chi connectivity index (χ1n) is 8.32. The summed E-state index contributed by atoms with van der Waals surface area (Å²) in [5, 5.41) is 16.4. The summed E-state index contributed by atoms with van der Waals surface area (Å²) in [7, 11) is 1.54. The Balaban J connectivity index is 2.18. The number of aliphatic hydroxyl groups is 1. The van der Waals surface area contributed by atoms with Crippen LogP contribution in [-0.4, -0.2) is 40.6 Å². The highest BCUT2D eigenvalue weighted by Crippen LogP contribution is 2.45. The number of fused-ring (bicyclic) bond motifs is 1. The van der Waals surface area contributed by atoms with Crippen LogP contribution >= 0.6 is 0 Å². The fraction of sp³-hybridized carbons (Fsp3) is 0.368. The van der Waals surface area contributed by atoms with E-state index in [1.54, 1.807) is 38.3 Å². The fourth-order valence-corrected chi connectivity index (χ4v) is 3.68. The molecule has 0 radical (unpaired) electrons. The Kier molecular flexibility index (Phi) is 4.73. The molecule has 0 spiro atoms. The van der Waals surface area contributed by atoms with Gasteiger partial charge in [0.15, 0.2) is 0 Å². The summed E-state index contributed by atoms with van der Waals surface area (Å²) >= 11 is 0. The van der Waals surface area contributed by atoms with Crippen molar-refractivity contribution in [1.82, 2.24) is 10.2 Å². The zero-order chi connectivity index (χ0) is 18.9. The first kappa shape index (κ1) is 18.0. The van der Waals surface area contributed by atoms with E-state index < -0.39 is 23.4 Å². The van der Waals surface area contributed by atoms with Crippen LogP contribution in [0.4, 0.5) is 0 Å². The maximum absolute atomic E-state index is 12.8. The Bertz CT molecular complexity index is 880. The van der Waals surface area contributed by atoms with E-state index in [2.05, 4.69) is 16.8 Å². The highest BCUT2D eigenvalue weighted by Gasteiger charge is 2.51. The maximum Gasteiger partial charge on any atom is 0.313 e. The van der Waals surface area contributed by atoms with Crippen LogP contribution in [-0.2, 0) is 16.0 Å². The molecular formula is C19H22N2O5. The van der Waals surface area contributed by atoms with Gasteiger partial charge in [0, 0.05) is 23.6 Å². The van der Waals surface area contributed by atoms with Crippen molar-refractivity contribution in [1.29, 1.82) is 0 Å². The molecular weight excluding hydrogens is 336 g/mol. The van der Waals surface area contributed by atoms with E-state index in [1.807, 2.05) is 0 Å². The summed E-state index contributed by atoms with van der Waals surface area (Å²) in [5.41, 5.74) is -0.00332. The number of esters is 1. The summed E-state index contributed by atoms with van der Waals surface area (Å²) in [6, 6.07) is 7.12. The number of hydrogen-bond donors (Lipinski definition) is 3. The minimum atomic E-state index is -1.40. The van der Waals surface area contributed by atoms with Crippen LogP contribution in [0.15, 0.2) is 41.7 Å². The first-order valence-corrected chi connectivity index (χ1v) is 8.32. The molecule has 7 nitrogen and oxygen atoms in total. The van der Waals surface area contributed by atoms with E-state index in [0.717, 1.165) is 0 Å². The summed E-state index contributed by atoms with van der Waals surface area (Å²) < 4.78 is 10.5. The molecule has 2 aromatic rings. The minimum absolute atomic E-state index is 0.0343. The van der Waals surface area contributed by atoms with Gasteiger partial charge in [-0.3, -0.25) is 14.7 Å². The standard InChI is InChI=1S/C19H22N2O5/c1-4-8-26-18(23)16-14(11-6-5-7-12(9-11)25-3)15-13(10-19(16,2)24)20-21-17(15)22/h4-7,9,14,16,24H,1,8,10H2,2-3H3,(H2,20,21,22)/t14-,16+,19-/m0/s1. The molecule has 3 N–H and O–H groups in total. The van der Waals surface area contributed by atoms with Gasteiger partial charge < -0.3 is 19.7 Å². The lowest BCUT2D eigenvalue weighted by Crippen LogP contribution is -2.50. The molecule has 1 aromatic heterocycles. The third-order valence-corrected chi connectivity index (χ3v) is 4.80. The molecule has 1 aliphatic rings. The second-order valence-electron chi connectivity index (χ2n) is 6.66. The Labute approximate surface area is 150 Å². The van der Waals surface area contributed by atoms with Crippen LogP contribution in [0.2, 0.25) is 0 Å². The second-order valence-corrected chi connectivity index (χ2v) is 6.66. The Morgan fingerprint density at radius 2 is 2.23 bits per heavy atom. The zero-order valence-electron chi connectivity index (χ0n) is 14.7. The lowest BCUT2D eigenvalue weighted by molar-refractivity contribution is -0.158. The van der Waals surface area contributed by atoms with Crippen LogP contribution in [0, 0.1) is 5.92 Å². The molecule has 0 unspecified atom stereocenters. The van der Waals surface area contributed by atoms with E-state index in [4.69, 9.17) is 9.47 Å². The van der Waals surface area contributed by atoms with E-state index in [9.17, 15) is 14.7 Å². The topological polar surface area (TPSA) is 104 Å².